The number of ether oxygens (including phenoxy) is 1. The highest BCUT2D eigenvalue weighted by Crippen LogP contribution is 2.69. The van der Waals surface area contributed by atoms with E-state index in [1.54, 1.807) is 5.57 Å². The molecule has 1 nitrogen and oxygen atoms in total. The van der Waals surface area contributed by atoms with E-state index in [1.807, 2.05) is 0 Å². The van der Waals surface area contributed by atoms with E-state index in [-0.39, 0.29) is 5.60 Å². The van der Waals surface area contributed by atoms with Crippen molar-refractivity contribution in [2.24, 2.45) is 45.8 Å². The molecule has 30 heavy (non-hydrogen) atoms. The van der Waals surface area contributed by atoms with Crippen molar-refractivity contribution >= 4 is 0 Å². The lowest BCUT2D eigenvalue weighted by molar-refractivity contribution is -0.123. The lowest BCUT2D eigenvalue weighted by atomic mass is 9.45. The molecule has 7 unspecified atom stereocenters. The Bertz CT molecular complexity index is 668. The number of rotatable bonds is 4. The smallest absolute Gasteiger partial charge is 0.0742 e. The van der Waals surface area contributed by atoms with Gasteiger partial charge in [0.05, 0.1) is 5.60 Å². The van der Waals surface area contributed by atoms with Crippen molar-refractivity contribution in [3.8, 4) is 0 Å². The molecule has 4 aliphatic rings. The highest BCUT2D eigenvalue weighted by atomic mass is 16.5. The van der Waals surface area contributed by atoms with E-state index in [2.05, 4.69) is 61.5 Å². The van der Waals surface area contributed by atoms with Gasteiger partial charge in [-0.15, -0.1) is 0 Å². The molecule has 1 heteroatoms. The minimum absolute atomic E-state index is 0.0854. The number of hydrogen-bond acceptors (Lipinski definition) is 1. The molecule has 0 heterocycles. The van der Waals surface area contributed by atoms with Gasteiger partial charge < -0.3 is 4.74 Å². The number of fused-ring (bicyclic) bond motifs is 5. The predicted octanol–water partition coefficient (Wildman–Crippen LogP) is 8.43. The van der Waals surface area contributed by atoms with Gasteiger partial charge in [-0.2, -0.15) is 0 Å². The molecule has 7 atom stereocenters. The zero-order chi connectivity index (χ0) is 21.9. The summed E-state index contributed by atoms with van der Waals surface area (Å²) >= 11 is 0. The molecule has 0 radical (unpaired) electrons. The molecule has 4 aliphatic carbocycles. The van der Waals surface area contributed by atoms with Gasteiger partial charge in [0.25, 0.3) is 0 Å². The van der Waals surface area contributed by atoms with Crippen LogP contribution in [0.3, 0.4) is 0 Å². The van der Waals surface area contributed by atoms with Crippen LogP contribution in [0.5, 0.6) is 0 Å². The molecule has 0 aromatic carbocycles. The second-order valence-electron chi connectivity index (χ2n) is 13.5. The van der Waals surface area contributed by atoms with Crippen molar-refractivity contribution in [3.63, 3.8) is 0 Å². The van der Waals surface area contributed by atoms with Crippen LogP contribution in [0.1, 0.15) is 113 Å². The average Bonchev–Trinajstić information content (AvgIpc) is 3.04. The van der Waals surface area contributed by atoms with Crippen LogP contribution >= 0.6 is 0 Å². The third-order valence-electron chi connectivity index (χ3n) is 10.9. The van der Waals surface area contributed by atoms with Crippen LogP contribution in [-0.4, -0.2) is 12.2 Å². The fourth-order valence-corrected chi connectivity index (χ4v) is 9.17. The Balaban J connectivity index is 1.60. The van der Waals surface area contributed by atoms with Gasteiger partial charge in [-0.05, 0) is 104 Å². The molecule has 4 rings (SSSR count). The van der Waals surface area contributed by atoms with Gasteiger partial charge in [-0.25, -0.2) is 0 Å². The molecule has 0 aliphatic heterocycles. The van der Waals surface area contributed by atoms with Crippen LogP contribution in [0.4, 0.5) is 0 Å². The van der Waals surface area contributed by atoms with Gasteiger partial charge in [0.15, 0.2) is 0 Å². The third-order valence-corrected chi connectivity index (χ3v) is 10.9. The summed E-state index contributed by atoms with van der Waals surface area (Å²) in [7, 11) is 0. The van der Waals surface area contributed by atoms with Crippen LogP contribution in [0.15, 0.2) is 11.6 Å². The summed E-state index contributed by atoms with van der Waals surface area (Å²) in [6.07, 6.45) is 14.9. The van der Waals surface area contributed by atoms with Crippen molar-refractivity contribution in [3.05, 3.63) is 11.6 Å². The normalized spacial score (nSPS) is 46.2. The monoisotopic (exact) mass is 414 g/mol. The first kappa shape index (κ1) is 22.9. The topological polar surface area (TPSA) is 9.23 Å². The van der Waals surface area contributed by atoms with Gasteiger partial charge in [0.1, 0.15) is 0 Å². The quantitative estimate of drug-likeness (QED) is 0.419. The van der Waals surface area contributed by atoms with Gasteiger partial charge in [-0.1, -0.05) is 67.0 Å². The van der Waals surface area contributed by atoms with Crippen molar-refractivity contribution in [1.29, 1.82) is 0 Å². The average molecular weight is 415 g/mol. The Morgan fingerprint density at radius 3 is 2.40 bits per heavy atom. The SMILES string of the molecule is CCCOC1(C(C)C)CCC2(C)C(=CCC3C2CCC2(C)C3CCC2C(C)(C)C)C1. The molecule has 3 fully saturated rings. The summed E-state index contributed by atoms with van der Waals surface area (Å²) in [5, 5.41) is 0. The largest absolute Gasteiger partial charge is 0.374 e. The highest BCUT2D eigenvalue weighted by Gasteiger charge is 2.61. The van der Waals surface area contributed by atoms with Crippen LogP contribution in [0.2, 0.25) is 0 Å². The van der Waals surface area contributed by atoms with E-state index in [9.17, 15) is 0 Å². The summed E-state index contributed by atoms with van der Waals surface area (Å²) in [6, 6.07) is 0. The summed E-state index contributed by atoms with van der Waals surface area (Å²) in [6.45, 7) is 20.8. The predicted molar refractivity (Wildman–Crippen MR) is 128 cm³/mol. The fourth-order valence-electron chi connectivity index (χ4n) is 9.17. The van der Waals surface area contributed by atoms with Crippen molar-refractivity contribution in [1.82, 2.24) is 0 Å². The van der Waals surface area contributed by atoms with Crippen molar-refractivity contribution < 1.29 is 4.74 Å². The fraction of sp³-hybridized carbons (Fsp3) is 0.931. The lowest BCUT2D eigenvalue weighted by Crippen LogP contribution is -2.54. The Kier molecular flexibility index (Phi) is 5.82. The molecular formula is C29H50O. The zero-order valence-corrected chi connectivity index (χ0v) is 21.4. The van der Waals surface area contributed by atoms with E-state index in [0.717, 1.165) is 36.7 Å². The minimum atomic E-state index is 0.0854. The van der Waals surface area contributed by atoms with E-state index in [4.69, 9.17) is 4.74 Å². The second kappa shape index (κ2) is 7.64. The maximum atomic E-state index is 6.61. The first-order valence-electron chi connectivity index (χ1n) is 13.3. The van der Waals surface area contributed by atoms with E-state index in [1.165, 1.54) is 51.4 Å². The molecule has 0 spiro atoms. The Labute approximate surface area is 187 Å². The van der Waals surface area contributed by atoms with Gasteiger partial charge in [0.2, 0.25) is 0 Å². The minimum Gasteiger partial charge on any atom is -0.374 e. The summed E-state index contributed by atoms with van der Waals surface area (Å²) < 4.78 is 6.61. The van der Waals surface area contributed by atoms with E-state index < -0.39 is 0 Å². The van der Waals surface area contributed by atoms with E-state index >= 15 is 0 Å². The Morgan fingerprint density at radius 2 is 1.77 bits per heavy atom. The maximum absolute atomic E-state index is 6.61. The van der Waals surface area contributed by atoms with Crippen LogP contribution in [-0.2, 0) is 4.74 Å². The number of allylic oxidation sites excluding steroid dienone is 1. The third kappa shape index (κ3) is 3.36. The second-order valence-corrected chi connectivity index (χ2v) is 13.5. The lowest BCUT2D eigenvalue weighted by Gasteiger charge is -2.60. The van der Waals surface area contributed by atoms with E-state index in [0.29, 0.717) is 22.2 Å². The Morgan fingerprint density at radius 1 is 1.03 bits per heavy atom. The van der Waals surface area contributed by atoms with Crippen molar-refractivity contribution in [2.45, 2.75) is 119 Å². The van der Waals surface area contributed by atoms with Crippen molar-refractivity contribution in [2.75, 3.05) is 6.61 Å². The van der Waals surface area contributed by atoms with Gasteiger partial charge in [0, 0.05) is 6.61 Å². The number of hydrogen-bond donors (Lipinski definition) is 0. The van der Waals surface area contributed by atoms with Crippen LogP contribution < -0.4 is 0 Å². The first-order valence-corrected chi connectivity index (χ1v) is 13.3. The highest BCUT2D eigenvalue weighted by molar-refractivity contribution is 5.27. The molecular weight excluding hydrogens is 364 g/mol. The van der Waals surface area contributed by atoms with Gasteiger partial charge >= 0.3 is 0 Å². The molecule has 0 bridgehead atoms. The molecule has 172 valence electrons. The summed E-state index contributed by atoms with van der Waals surface area (Å²) in [4.78, 5) is 0. The van der Waals surface area contributed by atoms with Crippen LogP contribution in [0.25, 0.3) is 0 Å². The zero-order valence-electron chi connectivity index (χ0n) is 21.4. The molecule has 0 aromatic heterocycles. The first-order chi connectivity index (χ1) is 14.0. The molecule has 0 N–H and O–H groups in total. The summed E-state index contributed by atoms with van der Waals surface area (Å²) in [5.74, 6) is 4.28. The molecule has 0 amide bonds. The maximum Gasteiger partial charge on any atom is 0.0742 e. The van der Waals surface area contributed by atoms with Gasteiger partial charge in [-0.3, -0.25) is 0 Å². The summed E-state index contributed by atoms with van der Waals surface area (Å²) in [5.41, 5.74) is 3.31. The standard InChI is InChI=1S/C29H50O/c1-9-18-30-29(20(2)3)17-16-27(7)21(19-29)10-11-22-23-12-13-25(26(4,5)6)28(23,8)15-14-24(22)27/h10,20,22-25H,9,11-19H2,1-8H3. The Hall–Kier alpha value is -0.300. The molecule has 3 saturated carbocycles. The molecule has 0 saturated heterocycles. The van der Waals surface area contributed by atoms with Crippen LogP contribution in [0, 0.1) is 45.8 Å². The molecule has 0 aromatic rings.